The zero-order chi connectivity index (χ0) is 14.7. The molecule has 1 aromatic carbocycles. The van der Waals surface area contributed by atoms with Crippen LogP contribution in [-0.4, -0.2) is 35.5 Å². The summed E-state index contributed by atoms with van der Waals surface area (Å²) >= 11 is 0. The molecule has 3 amide bonds. The fourth-order valence-corrected chi connectivity index (χ4v) is 2.21. The number of rotatable bonds is 3. The van der Waals surface area contributed by atoms with E-state index in [1.165, 1.54) is 24.3 Å². The zero-order valence-corrected chi connectivity index (χ0v) is 11.5. The van der Waals surface area contributed by atoms with Gasteiger partial charge >= 0.3 is 6.03 Å². The van der Waals surface area contributed by atoms with Crippen molar-refractivity contribution in [3.8, 4) is 0 Å². The summed E-state index contributed by atoms with van der Waals surface area (Å²) in [5, 5.41) is 5.36. The standard InChI is InChI=1S/C14H18FN3O2/c1-9(2)18-8-12(7-13(18)19)17-14(20)16-11-5-3-10(15)4-6-11/h3-6,9,12H,7-8H2,1-2H3,(H2,16,17,20). The summed E-state index contributed by atoms with van der Waals surface area (Å²) < 4.78 is 12.7. The van der Waals surface area contributed by atoms with Gasteiger partial charge in [-0.1, -0.05) is 0 Å². The van der Waals surface area contributed by atoms with Crippen LogP contribution in [0.5, 0.6) is 0 Å². The summed E-state index contributed by atoms with van der Waals surface area (Å²) in [6.45, 7) is 4.41. The number of carbonyl (C=O) groups is 2. The van der Waals surface area contributed by atoms with Crippen LogP contribution in [0.3, 0.4) is 0 Å². The molecule has 108 valence electrons. The Bertz CT molecular complexity index is 502. The molecule has 1 atom stereocenters. The van der Waals surface area contributed by atoms with E-state index in [1.807, 2.05) is 13.8 Å². The first-order valence-electron chi connectivity index (χ1n) is 6.58. The maximum Gasteiger partial charge on any atom is 0.319 e. The van der Waals surface area contributed by atoms with Crippen molar-refractivity contribution in [2.45, 2.75) is 32.4 Å². The van der Waals surface area contributed by atoms with Crippen LogP contribution in [0.2, 0.25) is 0 Å². The minimum Gasteiger partial charge on any atom is -0.338 e. The molecule has 1 aliphatic rings. The number of carbonyl (C=O) groups excluding carboxylic acids is 2. The summed E-state index contributed by atoms with van der Waals surface area (Å²) in [4.78, 5) is 25.2. The van der Waals surface area contributed by atoms with E-state index in [1.54, 1.807) is 4.90 Å². The third kappa shape index (κ3) is 3.46. The predicted octanol–water partition coefficient (Wildman–Crippen LogP) is 1.96. The van der Waals surface area contributed by atoms with Crippen molar-refractivity contribution in [1.29, 1.82) is 0 Å². The molecular weight excluding hydrogens is 261 g/mol. The first kappa shape index (κ1) is 14.3. The Morgan fingerprint density at radius 3 is 2.55 bits per heavy atom. The highest BCUT2D eigenvalue weighted by molar-refractivity contribution is 5.90. The maximum absolute atomic E-state index is 12.7. The lowest BCUT2D eigenvalue weighted by Crippen LogP contribution is -2.40. The Morgan fingerprint density at radius 1 is 1.35 bits per heavy atom. The van der Waals surface area contributed by atoms with Crippen LogP contribution in [0.1, 0.15) is 20.3 Å². The van der Waals surface area contributed by atoms with Gasteiger partial charge in [0.1, 0.15) is 5.82 Å². The number of nitrogens with zero attached hydrogens (tertiary/aromatic N) is 1. The van der Waals surface area contributed by atoms with Crippen molar-refractivity contribution in [2.75, 3.05) is 11.9 Å². The first-order chi connectivity index (χ1) is 9.45. The van der Waals surface area contributed by atoms with Crippen molar-refractivity contribution in [3.05, 3.63) is 30.1 Å². The molecule has 0 aromatic heterocycles. The maximum atomic E-state index is 12.7. The minimum absolute atomic E-state index is 0.0482. The molecule has 1 fully saturated rings. The molecule has 1 aliphatic heterocycles. The van der Waals surface area contributed by atoms with E-state index in [0.29, 0.717) is 18.7 Å². The number of hydrogen-bond acceptors (Lipinski definition) is 2. The molecule has 0 spiro atoms. The molecule has 1 saturated heterocycles. The number of nitrogens with one attached hydrogen (secondary N) is 2. The van der Waals surface area contributed by atoms with Gasteiger partial charge in [-0.15, -0.1) is 0 Å². The van der Waals surface area contributed by atoms with Gasteiger partial charge in [0.15, 0.2) is 0 Å². The van der Waals surface area contributed by atoms with E-state index < -0.39 is 0 Å². The second-order valence-electron chi connectivity index (χ2n) is 5.15. The molecule has 6 heteroatoms. The van der Waals surface area contributed by atoms with Crippen LogP contribution < -0.4 is 10.6 Å². The normalized spacial score (nSPS) is 18.5. The van der Waals surface area contributed by atoms with Gasteiger partial charge in [0.05, 0.1) is 6.04 Å². The van der Waals surface area contributed by atoms with Gasteiger partial charge in [-0.2, -0.15) is 0 Å². The molecule has 1 aromatic rings. The number of amides is 3. The lowest BCUT2D eigenvalue weighted by Gasteiger charge is -2.21. The predicted molar refractivity (Wildman–Crippen MR) is 73.8 cm³/mol. The van der Waals surface area contributed by atoms with Gasteiger partial charge in [-0.25, -0.2) is 9.18 Å². The van der Waals surface area contributed by atoms with Crippen molar-refractivity contribution < 1.29 is 14.0 Å². The number of halogens is 1. The van der Waals surface area contributed by atoms with Gasteiger partial charge in [0.25, 0.3) is 0 Å². The lowest BCUT2D eigenvalue weighted by atomic mass is 10.2. The molecule has 1 heterocycles. The zero-order valence-electron chi connectivity index (χ0n) is 11.5. The fourth-order valence-electron chi connectivity index (χ4n) is 2.21. The molecule has 0 radical (unpaired) electrons. The van der Waals surface area contributed by atoms with E-state index in [9.17, 15) is 14.0 Å². The fraction of sp³-hybridized carbons (Fsp3) is 0.429. The van der Waals surface area contributed by atoms with Crippen LogP contribution in [0.25, 0.3) is 0 Å². The van der Waals surface area contributed by atoms with E-state index >= 15 is 0 Å². The summed E-state index contributed by atoms with van der Waals surface area (Å²) in [6.07, 6.45) is 0.315. The summed E-state index contributed by atoms with van der Waals surface area (Å²) in [7, 11) is 0. The molecule has 5 nitrogen and oxygen atoms in total. The van der Waals surface area contributed by atoms with Gasteiger partial charge in [0, 0.05) is 24.7 Å². The van der Waals surface area contributed by atoms with Crippen LogP contribution in [-0.2, 0) is 4.79 Å². The third-order valence-electron chi connectivity index (χ3n) is 3.22. The SMILES string of the molecule is CC(C)N1CC(NC(=O)Nc2ccc(F)cc2)CC1=O. The Hall–Kier alpha value is -2.11. The number of likely N-dealkylation sites (tertiary alicyclic amines) is 1. The first-order valence-corrected chi connectivity index (χ1v) is 6.58. The molecule has 0 bridgehead atoms. The molecule has 0 saturated carbocycles. The second kappa shape index (κ2) is 5.90. The highest BCUT2D eigenvalue weighted by Crippen LogP contribution is 2.14. The Morgan fingerprint density at radius 2 is 2.00 bits per heavy atom. The number of hydrogen-bond donors (Lipinski definition) is 2. The van der Waals surface area contributed by atoms with Gasteiger partial charge in [0.2, 0.25) is 5.91 Å². The van der Waals surface area contributed by atoms with Crippen LogP contribution >= 0.6 is 0 Å². The summed E-state index contributed by atoms with van der Waals surface area (Å²) in [5.74, 6) is -0.308. The quantitative estimate of drug-likeness (QED) is 0.888. The van der Waals surface area contributed by atoms with E-state index in [2.05, 4.69) is 10.6 Å². The van der Waals surface area contributed by atoms with Crippen LogP contribution in [0.15, 0.2) is 24.3 Å². The van der Waals surface area contributed by atoms with Crippen molar-refractivity contribution in [2.24, 2.45) is 0 Å². The van der Waals surface area contributed by atoms with E-state index in [0.717, 1.165) is 0 Å². The smallest absolute Gasteiger partial charge is 0.319 e. The average molecular weight is 279 g/mol. The second-order valence-corrected chi connectivity index (χ2v) is 5.15. The Kier molecular flexibility index (Phi) is 4.22. The monoisotopic (exact) mass is 279 g/mol. The van der Waals surface area contributed by atoms with Crippen molar-refractivity contribution in [3.63, 3.8) is 0 Å². The molecule has 1 unspecified atom stereocenters. The van der Waals surface area contributed by atoms with E-state index in [4.69, 9.17) is 0 Å². The molecule has 0 aliphatic carbocycles. The number of benzene rings is 1. The highest BCUT2D eigenvalue weighted by atomic mass is 19.1. The molecule has 2 rings (SSSR count). The van der Waals surface area contributed by atoms with Crippen molar-refractivity contribution in [1.82, 2.24) is 10.2 Å². The topological polar surface area (TPSA) is 61.4 Å². The molecule has 2 N–H and O–H groups in total. The largest absolute Gasteiger partial charge is 0.338 e. The van der Waals surface area contributed by atoms with Crippen molar-refractivity contribution >= 4 is 17.6 Å². The minimum atomic E-state index is -0.389. The van der Waals surface area contributed by atoms with Crippen LogP contribution in [0.4, 0.5) is 14.9 Å². The summed E-state index contributed by atoms with van der Waals surface area (Å²) in [5.41, 5.74) is 0.508. The van der Waals surface area contributed by atoms with Gasteiger partial charge in [-0.05, 0) is 38.1 Å². The van der Waals surface area contributed by atoms with Gasteiger partial charge < -0.3 is 15.5 Å². The Balaban J connectivity index is 1.86. The van der Waals surface area contributed by atoms with E-state index in [-0.39, 0.29) is 29.8 Å². The average Bonchev–Trinajstić information content (AvgIpc) is 2.73. The highest BCUT2D eigenvalue weighted by Gasteiger charge is 2.31. The van der Waals surface area contributed by atoms with Gasteiger partial charge in [-0.3, -0.25) is 4.79 Å². The number of urea groups is 1. The number of anilines is 1. The lowest BCUT2D eigenvalue weighted by molar-refractivity contribution is -0.129. The van der Waals surface area contributed by atoms with Crippen LogP contribution in [0, 0.1) is 5.82 Å². The summed E-state index contributed by atoms with van der Waals surface area (Å²) in [6, 6.07) is 5.06. The molecule has 20 heavy (non-hydrogen) atoms. The molecular formula is C14H18FN3O2. The Labute approximate surface area is 117 Å². The third-order valence-corrected chi connectivity index (χ3v) is 3.22.